The lowest BCUT2D eigenvalue weighted by atomic mass is 10.1. The normalized spacial score (nSPS) is 11.2. The number of amides is 2. The first-order chi connectivity index (χ1) is 14.3. The molecule has 0 fully saturated rings. The summed E-state index contributed by atoms with van der Waals surface area (Å²) in [4.78, 5) is 24.3. The molecule has 0 spiro atoms. The van der Waals surface area contributed by atoms with Crippen LogP contribution in [0.2, 0.25) is 0 Å². The SMILES string of the molecule is CCc1ccccc1NC(=O)CNC(=O)c1ccc(-c2cccc(C(F)(F)F)c2)o1. The molecule has 0 aliphatic heterocycles. The van der Waals surface area contributed by atoms with Crippen molar-refractivity contribution in [1.82, 2.24) is 5.32 Å². The second kappa shape index (κ2) is 8.86. The molecule has 0 aliphatic rings. The molecule has 156 valence electrons. The van der Waals surface area contributed by atoms with Gasteiger partial charge in [-0.2, -0.15) is 13.2 Å². The maximum absolute atomic E-state index is 12.9. The molecule has 2 amide bonds. The third-order valence-corrected chi connectivity index (χ3v) is 4.39. The first-order valence-corrected chi connectivity index (χ1v) is 9.21. The van der Waals surface area contributed by atoms with Gasteiger partial charge in [0.1, 0.15) is 5.76 Å². The van der Waals surface area contributed by atoms with E-state index in [1.165, 1.54) is 24.3 Å². The standard InChI is InChI=1S/C22H19F3N2O3/c1-2-14-6-3-4-9-17(14)27-20(28)13-26-21(29)19-11-10-18(30-19)15-7-5-8-16(12-15)22(23,24)25/h3-12H,2,13H2,1H3,(H,26,29)(H,27,28). The summed E-state index contributed by atoms with van der Waals surface area (Å²) in [5.74, 6) is -1.04. The highest BCUT2D eigenvalue weighted by Crippen LogP contribution is 2.32. The molecule has 5 nitrogen and oxygen atoms in total. The predicted octanol–water partition coefficient (Wildman–Crippen LogP) is 4.90. The van der Waals surface area contributed by atoms with Crippen molar-refractivity contribution in [2.75, 3.05) is 11.9 Å². The van der Waals surface area contributed by atoms with Gasteiger partial charge in [-0.1, -0.05) is 37.3 Å². The van der Waals surface area contributed by atoms with E-state index in [1.54, 1.807) is 12.1 Å². The van der Waals surface area contributed by atoms with Gasteiger partial charge < -0.3 is 15.1 Å². The monoisotopic (exact) mass is 416 g/mol. The Labute approximate surface area is 170 Å². The van der Waals surface area contributed by atoms with E-state index in [0.29, 0.717) is 5.69 Å². The fourth-order valence-corrected chi connectivity index (χ4v) is 2.86. The minimum absolute atomic E-state index is 0.107. The summed E-state index contributed by atoms with van der Waals surface area (Å²) in [5.41, 5.74) is 1.02. The van der Waals surface area contributed by atoms with Gasteiger partial charge in [0.25, 0.3) is 5.91 Å². The minimum Gasteiger partial charge on any atom is -0.451 e. The molecule has 0 unspecified atom stereocenters. The Morgan fingerprint density at radius 2 is 1.77 bits per heavy atom. The van der Waals surface area contributed by atoms with Crippen LogP contribution in [0.15, 0.2) is 65.1 Å². The Balaban J connectivity index is 1.62. The largest absolute Gasteiger partial charge is 0.451 e. The van der Waals surface area contributed by atoms with E-state index in [0.717, 1.165) is 24.1 Å². The summed E-state index contributed by atoms with van der Waals surface area (Å²) >= 11 is 0. The molecule has 3 aromatic rings. The number of aryl methyl sites for hydroxylation is 1. The molecule has 0 saturated heterocycles. The predicted molar refractivity (Wildman–Crippen MR) is 106 cm³/mol. The Bertz CT molecular complexity index is 1060. The van der Waals surface area contributed by atoms with E-state index in [4.69, 9.17) is 4.42 Å². The third kappa shape index (κ3) is 5.08. The van der Waals surface area contributed by atoms with Crippen LogP contribution in [0.25, 0.3) is 11.3 Å². The number of rotatable bonds is 6. The van der Waals surface area contributed by atoms with Gasteiger partial charge >= 0.3 is 6.18 Å². The maximum Gasteiger partial charge on any atom is 0.416 e. The van der Waals surface area contributed by atoms with Crippen molar-refractivity contribution in [3.05, 3.63) is 77.6 Å². The summed E-state index contributed by atoms with van der Waals surface area (Å²) in [6.07, 6.45) is -3.74. The zero-order chi connectivity index (χ0) is 21.7. The molecule has 8 heteroatoms. The summed E-state index contributed by atoms with van der Waals surface area (Å²) in [5, 5.41) is 5.16. The van der Waals surface area contributed by atoms with Crippen molar-refractivity contribution >= 4 is 17.5 Å². The van der Waals surface area contributed by atoms with Crippen LogP contribution in [0.3, 0.4) is 0 Å². The van der Waals surface area contributed by atoms with Gasteiger partial charge in [0.05, 0.1) is 12.1 Å². The molecule has 0 atom stereocenters. The number of hydrogen-bond acceptors (Lipinski definition) is 3. The first-order valence-electron chi connectivity index (χ1n) is 9.21. The summed E-state index contributed by atoms with van der Waals surface area (Å²) in [6.45, 7) is 1.68. The Hall–Kier alpha value is -3.55. The number of alkyl halides is 3. The highest BCUT2D eigenvalue weighted by molar-refractivity contribution is 5.98. The zero-order valence-electron chi connectivity index (χ0n) is 16.0. The lowest BCUT2D eigenvalue weighted by Crippen LogP contribution is -2.32. The summed E-state index contributed by atoms with van der Waals surface area (Å²) in [7, 11) is 0. The Morgan fingerprint density at radius 3 is 2.50 bits per heavy atom. The van der Waals surface area contributed by atoms with Crippen molar-refractivity contribution in [2.45, 2.75) is 19.5 Å². The fourth-order valence-electron chi connectivity index (χ4n) is 2.86. The highest BCUT2D eigenvalue weighted by atomic mass is 19.4. The van der Waals surface area contributed by atoms with E-state index in [9.17, 15) is 22.8 Å². The molecule has 1 heterocycles. The van der Waals surface area contributed by atoms with Gasteiger partial charge in [-0.25, -0.2) is 0 Å². The smallest absolute Gasteiger partial charge is 0.416 e. The fraction of sp³-hybridized carbons (Fsp3) is 0.182. The van der Waals surface area contributed by atoms with Crippen molar-refractivity contribution in [1.29, 1.82) is 0 Å². The molecule has 3 rings (SSSR count). The number of furan rings is 1. The first kappa shape index (κ1) is 21.2. The average molecular weight is 416 g/mol. The van der Waals surface area contributed by atoms with Crippen LogP contribution in [0, 0.1) is 0 Å². The van der Waals surface area contributed by atoms with Crippen molar-refractivity contribution in [2.24, 2.45) is 0 Å². The van der Waals surface area contributed by atoms with E-state index in [-0.39, 0.29) is 23.6 Å². The second-order valence-corrected chi connectivity index (χ2v) is 6.48. The van der Waals surface area contributed by atoms with Gasteiger partial charge in [0.15, 0.2) is 5.76 Å². The van der Waals surface area contributed by atoms with E-state index in [1.807, 2.05) is 19.1 Å². The van der Waals surface area contributed by atoms with E-state index < -0.39 is 23.6 Å². The molecule has 2 N–H and O–H groups in total. The lowest BCUT2D eigenvalue weighted by molar-refractivity contribution is -0.137. The molecule has 1 aromatic heterocycles. The van der Waals surface area contributed by atoms with Crippen molar-refractivity contribution in [3.63, 3.8) is 0 Å². The minimum atomic E-state index is -4.48. The zero-order valence-corrected chi connectivity index (χ0v) is 16.0. The summed E-state index contributed by atoms with van der Waals surface area (Å²) in [6, 6.07) is 14.7. The number of anilines is 1. The average Bonchev–Trinajstić information content (AvgIpc) is 3.22. The molecular formula is C22H19F3N2O3. The van der Waals surface area contributed by atoms with Gasteiger partial charge in [0, 0.05) is 11.3 Å². The van der Waals surface area contributed by atoms with Gasteiger partial charge in [0.2, 0.25) is 5.91 Å². The van der Waals surface area contributed by atoms with Crippen LogP contribution >= 0.6 is 0 Å². The number of carbonyl (C=O) groups excluding carboxylic acids is 2. The third-order valence-electron chi connectivity index (χ3n) is 4.39. The number of benzene rings is 2. The topological polar surface area (TPSA) is 71.3 Å². The van der Waals surface area contributed by atoms with Crippen LogP contribution in [0.1, 0.15) is 28.6 Å². The maximum atomic E-state index is 12.9. The highest BCUT2D eigenvalue weighted by Gasteiger charge is 2.30. The number of halogens is 3. The van der Waals surface area contributed by atoms with Crippen LogP contribution in [-0.4, -0.2) is 18.4 Å². The number of para-hydroxylation sites is 1. The van der Waals surface area contributed by atoms with Crippen molar-refractivity contribution < 1.29 is 27.2 Å². The summed E-state index contributed by atoms with van der Waals surface area (Å²) < 4.78 is 44.0. The van der Waals surface area contributed by atoms with Crippen LogP contribution < -0.4 is 10.6 Å². The Kier molecular flexibility index (Phi) is 6.25. The molecular weight excluding hydrogens is 397 g/mol. The van der Waals surface area contributed by atoms with Gasteiger partial charge in [-0.3, -0.25) is 9.59 Å². The molecule has 0 radical (unpaired) electrons. The van der Waals surface area contributed by atoms with Crippen LogP contribution in [0.5, 0.6) is 0 Å². The quantitative estimate of drug-likeness (QED) is 0.601. The Morgan fingerprint density at radius 1 is 1.00 bits per heavy atom. The molecule has 30 heavy (non-hydrogen) atoms. The van der Waals surface area contributed by atoms with Crippen LogP contribution in [-0.2, 0) is 17.4 Å². The molecule has 0 aliphatic carbocycles. The molecule has 0 saturated carbocycles. The van der Waals surface area contributed by atoms with E-state index in [2.05, 4.69) is 10.6 Å². The van der Waals surface area contributed by atoms with Crippen molar-refractivity contribution in [3.8, 4) is 11.3 Å². The van der Waals surface area contributed by atoms with Gasteiger partial charge in [-0.15, -0.1) is 0 Å². The van der Waals surface area contributed by atoms with Crippen LogP contribution in [0.4, 0.5) is 18.9 Å². The second-order valence-electron chi connectivity index (χ2n) is 6.48. The lowest BCUT2D eigenvalue weighted by Gasteiger charge is -2.10. The number of hydrogen-bond donors (Lipinski definition) is 2. The molecule has 2 aromatic carbocycles. The number of nitrogens with one attached hydrogen (secondary N) is 2. The number of carbonyl (C=O) groups is 2. The van der Waals surface area contributed by atoms with Gasteiger partial charge in [-0.05, 0) is 42.3 Å². The molecule has 0 bridgehead atoms. The van der Waals surface area contributed by atoms with E-state index >= 15 is 0 Å².